The minimum atomic E-state index is -0.835. The minimum absolute atomic E-state index is 0.0760. The first-order valence-electron chi connectivity index (χ1n) is 7.12. The highest BCUT2D eigenvalue weighted by Crippen LogP contribution is 2.21. The van der Waals surface area contributed by atoms with E-state index in [4.69, 9.17) is 17.3 Å². The second-order valence-electron chi connectivity index (χ2n) is 5.19. The second-order valence-corrected chi connectivity index (χ2v) is 5.62. The quantitative estimate of drug-likeness (QED) is 0.753. The summed E-state index contributed by atoms with van der Waals surface area (Å²) in [5.41, 5.74) is 5.62. The number of aromatic amines is 1. The summed E-state index contributed by atoms with van der Waals surface area (Å²) in [5.74, 6) is 0.0760. The van der Waals surface area contributed by atoms with Gasteiger partial charge in [-0.1, -0.05) is 23.7 Å². The van der Waals surface area contributed by atoms with E-state index in [1.165, 1.54) is 9.47 Å². The van der Waals surface area contributed by atoms with E-state index in [1.54, 1.807) is 38.2 Å². The number of halogens is 1. The third-order valence-electron chi connectivity index (χ3n) is 3.61. The first-order chi connectivity index (χ1) is 10.8. The molecule has 1 atom stereocenters. The highest BCUT2D eigenvalue weighted by Gasteiger charge is 2.18. The van der Waals surface area contributed by atoms with E-state index in [-0.39, 0.29) is 18.1 Å². The molecule has 0 fully saturated rings. The number of aliphatic hydroxyl groups excluding tert-OH is 1. The fourth-order valence-electron chi connectivity index (χ4n) is 2.40. The first kappa shape index (κ1) is 17.1. The summed E-state index contributed by atoms with van der Waals surface area (Å²) in [7, 11) is 1.63. The predicted octanol–water partition coefficient (Wildman–Crippen LogP) is 0.962. The molecule has 1 heterocycles. The van der Waals surface area contributed by atoms with Crippen LogP contribution in [0.15, 0.2) is 33.9 Å². The molecule has 0 aliphatic heterocycles. The Morgan fingerprint density at radius 3 is 2.52 bits per heavy atom. The van der Waals surface area contributed by atoms with Crippen molar-refractivity contribution in [2.24, 2.45) is 0 Å². The standard InChI is InChI=1S/C15H19ClN4O3/c1-3-20-13(17)12(14(22)18-15(20)23)19(2)8-11(21)9-4-6-10(16)7-5-9/h4-7,11,21H,3,8,17H2,1-2H3,(H,18,22,23). The number of aliphatic hydroxyl groups is 1. The van der Waals surface area contributed by atoms with Crippen molar-refractivity contribution in [2.45, 2.75) is 19.6 Å². The second kappa shape index (κ2) is 6.89. The van der Waals surface area contributed by atoms with Crippen molar-refractivity contribution in [2.75, 3.05) is 24.2 Å². The zero-order valence-electron chi connectivity index (χ0n) is 12.9. The number of hydrogen-bond acceptors (Lipinski definition) is 5. The molecule has 0 amide bonds. The van der Waals surface area contributed by atoms with E-state index < -0.39 is 17.4 Å². The molecule has 0 bridgehead atoms. The number of aromatic nitrogens is 2. The third kappa shape index (κ3) is 3.57. The zero-order valence-corrected chi connectivity index (χ0v) is 13.7. The summed E-state index contributed by atoms with van der Waals surface area (Å²) in [4.78, 5) is 27.5. The lowest BCUT2D eigenvalue weighted by Gasteiger charge is -2.24. The molecule has 0 aliphatic rings. The van der Waals surface area contributed by atoms with E-state index in [1.807, 2.05) is 0 Å². The van der Waals surface area contributed by atoms with Crippen LogP contribution in [-0.4, -0.2) is 28.3 Å². The molecule has 124 valence electrons. The molecule has 0 saturated carbocycles. The van der Waals surface area contributed by atoms with Crippen molar-refractivity contribution in [1.29, 1.82) is 0 Å². The summed E-state index contributed by atoms with van der Waals surface area (Å²) < 4.78 is 1.27. The Labute approximate surface area is 137 Å². The molecule has 1 aromatic carbocycles. The van der Waals surface area contributed by atoms with Gasteiger partial charge in [0, 0.05) is 25.2 Å². The highest BCUT2D eigenvalue weighted by atomic mass is 35.5. The van der Waals surface area contributed by atoms with Crippen molar-refractivity contribution < 1.29 is 5.11 Å². The number of nitrogens with two attached hydrogens (primary N) is 1. The first-order valence-corrected chi connectivity index (χ1v) is 7.50. The molecule has 0 saturated heterocycles. The summed E-state index contributed by atoms with van der Waals surface area (Å²) in [5, 5.41) is 10.9. The van der Waals surface area contributed by atoms with Crippen LogP contribution in [0.25, 0.3) is 0 Å². The van der Waals surface area contributed by atoms with Gasteiger partial charge >= 0.3 is 5.69 Å². The number of nitrogens with zero attached hydrogens (tertiary/aromatic N) is 2. The van der Waals surface area contributed by atoms with Crippen LogP contribution in [0.3, 0.4) is 0 Å². The van der Waals surface area contributed by atoms with Gasteiger partial charge < -0.3 is 15.7 Å². The normalized spacial score (nSPS) is 12.2. The SMILES string of the molecule is CCn1c(N)c(N(C)CC(O)c2ccc(Cl)cc2)c(=O)[nH]c1=O. The Morgan fingerprint density at radius 2 is 1.96 bits per heavy atom. The van der Waals surface area contributed by atoms with Gasteiger partial charge in [0.15, 0.2) is 0 Å². The van der Waals surface area contributed by atoms with Crippen LogP contribution >= 0.6 is 11.6 Å². The number of benzene rings is 1. The van der Waals surface area contributed by atoms with Gasteiger partial charge in [-0.15, -0.1) is 0 Å². The molecule has 2 rings (SSSR count). The Bertz CT molecular complexity index is 798. The molecule has 2 aromatic rings. The molecule has 23 heavy (non-hydrogen) atoms. The number of likely N-dealkylation sites (N-methyl/N-ethyl adjacent to an activating group) is 1. The van der Waals surface area contributed by atoms with Gasteiger partial charge in [-0.25, -0.2) is 4.79 Å². The van der Waals surface area contributed by atoms with Crippen LogP contribution < -0.4 is 21.9 Å². The van der Waals surface area contributed by atoms with Crippen LogP contribution in [0.4, 0.5) is 11.5 Å². The summed E-state index contributed by atoms with van der Waals surface area (Å²) in [6.07, 6.45) is -0.835. The lowest BCUT2D eigenvalue weighted by Crippen LogP contribution is -2.38. The van der Waals surface area contributed by atoms with Gasteiger partial charge in [-0.05, 0) is 24.6 Å². The van der Waals surface area contributed by atoms with Gasteiger partial charge in [0.1, 0.15) is 11.5 Å². The minimum Gasteiger partial charge on any atom is -0.387 e. The Balaban J connectivity index is 2.30. The molecule has 0 aliphatic carbocycles. The number of nitrogens with one attached hydrogen (secondary N) is 1. The fraction of sp³-hybridized carbons (Fsp3) is 0.333. The van der Waals surface area contributed by atoms with Crippen molar-refractivity contribution in [3.63, 3.8) is 0 Å². The van der Waals surface area contributed by atoms with Crippen molar-refractivity contribution in [3.05, 3.63) is 55.7 Å². The monoisotopic (exact) mass is 338 g/mol. The Hall–Kier alpha value is -2.25. The van der Waals surface area contributed by atoms with Crippen molar-refractivity contribution >= 4 is 23.1 Å². The molecular formula is C15H19ClN4O3. The number of hydrogen-bond donors (Lipinski definition) is 3. The van der Waals surface area contributed by atoms with E-state index in [0.717, 1.165) is 0 Å². The maximum absolute atomic E-state index is 12.0. The summed E-state index contributed by atoms with van der Waals surface area (Å²) in [6, 6.07) is 6.78. The lowest BCUT2D eigenvalue weighted by molar-refractivity contribution is 0.185. The zero-order chi connectivity index (χ0) is 17.1. The molecule has 0 radical (unpaired) electrons. The van der Waals surface area contributed by atoms with Gasteiger partial charge in [0.05, 0.1) is 6.10 Å². The van der Waals surface area contributed by atoms with Crippen LogP contribution in [0, 0.1) is 0 Å². The Morgan fingerprint density at radius 1 is 1.35 bits per heavy atom. The maximum atomic E-state index is 12.0. The van der Waals surface area contributed by atoms with Gasteiger partial charge in [0.2, 0.25) is 0 Å². The molecule has 8 heteroatoms. The van der Waals surface area contributed by atoms with E-state index in [9.17, 15) is 14.7 Å². The van der Waals surface area contributed by atoms with Gasteiger partial charge in [-0.2, -0.15) is 0 Å². The van der Waals surface area contributed by atoms with Crippen LogP contribution in [0.5, 0.6) is 0 Å². The van der Waals surface area contributed by atoms with Crippen LogP contribution in [0.1, 0.15) is 18.6 Å². The molecular weight excluding hydrogens is 320 g/mol. The van der Waals surface area contributed by atoms with E-state index in [0.29, 0.717) is 17.1 Å². The van der Waals surface area contributed by atoms with Gasteiger partial charge in [0.25, 0.3) is 5.56 Å². The topological polar surface area (TPSA) is 104 Å². The third-order valence-corrected chi connectivity index (χ3v) is 3.87. The highest BCUT2D eigenvalue weighted by molar-refractivity contribution is 6.30. The van der Waals surface area contributed by atoms with Crippen LogP contribution in [0.2, 0.25) is 5.02 Å². The van der Waals surface area contributed by atoms with Crippen molar-refractivity contribution in [1.82, 2.24) is 9.55 Å². The van der Waals surface area contributed by atoms with Crippen molar-refractivity contribution in [3.8, 4) is 0 Å². The number of nitrogen functional groups attached to an aromatic ring is 1. The number of H-pyrrole nitrogens is 1. The number of rotatable bonds is 5. The predicted molar refractivity (Wildman–Crippen MR) is 91.1 cm³/mol. The van der Waals surface area contributed by atoms with Crippen LogP contribution in [-0.2, 0) is 6.54 Å². The molecule has 1 unspecified atom stereocenters. The molecule has 0 spiro atoms. The molecule has 1 aromatic heterocycles. The largest absolute Gasteiger partial charge is 0.387 e. The lowest BCUT2D eigenvalue weighted by atomic mass is 10.1. The molecule has 4 N–H and O–H groups in total. The van der Waals surface area contributed by atoms with E-state index in [2.05, 4.69) is 4.98 Å². The number of anilines is 2. The fourth-order valence-corrected chi connectivity index (χ4v) is 2.53. The summed E-state index contributed by atoms with van der Waals surface area (Å²) in [6.45, 7) is 2.22. The smallest absolute Gasteiger partial charge is 0.330 e. The molecule has 7 nitrogen and oxygen atoms in total. The average Bonchev–Trinajstić information content (AvgIpc) is 2.47. The average molecular weight is 339 g/mol. The van der Waals surface area contributed by atoms with E-state index >= 15 is 0 Å². The maximum Gasteiger partial charge on any atom is 0.330 e. The Kier molecular flexibility index (Phi) is 5.12. The van der Waals surface area contributed by atoms with Gasteiger partial charge in [-0.3, -0.25) is 14.3 Å². The summed E-state index contributed by atoms with van der Waals surface area (Å²) >= 11 is 5.82.